The highest BCUT2D eigenvalue weighted by atomic mass is 32.2. The average Bonchev–Trinajstić information content (AvgIpc) is 2.01. The number of hydrogen-bond acceptors (Lipinski definition) is 2. The first-order chi connectivity index (χ1) is 6.32. The van der Waals surface area contributed by atoms with Gasteiger partial charge in [0.1, 0.15) is 6.17 Å². The summed E-state index contributed by atoms with van der Waals surface area (Å²) in [6.45, 7) is 4.14. The van der Waals surface area contributed by atoms with E-state index in [0.717, 1.165) is 4.31 Å². The quantitative estimate of drug-likeness (QED) is 0.742. The Kier molecular flexibility index (Phi) is 3.49. The zero-order chi connectivity index (χ0) is 10.9. The maximum absolute atomic E-state index is 13.5. The molecule has 14 heavy (non-hydrogen) atoms. The maximum atomic E-state index is 13.5. The topological polar surface area (TPSA) is 63.4 Å². The first kappa shape index (κ1) is 11.9. The van der Waals surface area contributed by atoms with Gasteiger partial charge in [-0.25, -0.2) is 9.53 Å². The van der Waals surface area contributed by atoms with E-state index in [2.05, 4.69) is 0 Å². The smallest absolute Gasteiger partial charge is 0.246 e. The summed E-state index contributed by atoms with van der Waals surface area (Å²) in [4.78, 5) is 0. The van der Waals surface area contributed by atoms with Gasteiger partial charge in [0.15, 0.2) is 0 Å². The van der Waals surface area contributed by atoms with E-state index in [1.54, 1.807) is 0 Å². The highest BCUT2D eigenvalue weighted by Gasteiger charge is 2.34. The van der Waals surface area contributed by atoms with E-state index in [0.29, 0.717) is 13.0 Å². The molecule has 0 aromatic heterocycles. The normalized spacial score (nSPS) is 30.9. The van der Waals surface area contributed by atoms with Gasteiger partial charge in [-0.1, -0.05) is 13.8 Å². The molecule has 2 atom stereocenters. The molecular formula is C8H17FN2O2S. The van der Waals surface area contributed by atoms with Crippen LogP contribution in [0, 0.1) is 11.8 Å². The molecule has 0 spiro atoms. The number of alkyl halides is 1. The van der Waals surface area contributed by atoms with Crippen LogP contribution in [0.2, 0.25) is 0 Å². The van der Waals surface area contributed by atoms with E-state index in [-0.39, 0.29) is 18.4 Å². The Morgan fingerprint density at radius 2 is 2.07 bits per heavy atom. The van der Waals surface area contributed by atoms with E-state index < -0.39 is 16.4 Å². The minimum Gasteiger partial charge on any atom is -0.246 e. The number of halogens is 1. The van der Waals surface area contributed by atoms with Crippen LogP contribution in [0.4, 0.5) is 4.39 Å². The third-order valence-corrected chi connectivity index (χ3v) is 3.82. The minimum atomic E-state index is -3.71. The highest BCUT2D eigenvalue weighted by Crippen LogP contribution is 2.27. The van der Waals surface area contributed by atoms with Gasteiger partial charge in [-0.2, -0.15) is 12.7 Å². The van der Waals surface area contributed by atoms with Crippen molar-refractivity contribution in [1.29, 1.82) is 0 Å². The lowest BCUT2D eigenvalue weighted by atomic mass is 9.86. The van der Waals surface area contributed by atoms with Crippen molar-refractivity contribution in [2.24, 2.45) is 17.0 Å². The van der Waals surface area contributed by atoms with Crippen molar-refractivity contribution < 1.29 is 12.8 Å². The molecule has 84 valence electrons. The molecule has 1 saturated heterocycles. The molecule has 0 aromatic rings. The van der Waals surface area contributed by atoms with Crippen LogP contribution in [0.15, 0.2) is 0 Å². The summed E-state index contributed by atoms with van der Waals surface area (Å²) < 4.78 is 36.4. The zero-order valence-electron chi connectivity index (χ0n) is 8.48. The second kappa shape index (κ2) is 4.12. The summed E-state index contributed by atoms with van der Waals surface area (Å²) >= 11 is 0. The molecular weight excluding hydrogens is 207 g/mol. The van der Waals surface area contributed by atoms with Gasteiger partial charge in [0.05, 0.1) is 0 Å². The van der Waals surface area contributed by atoms with Crippen molar-refractivity contribution in [3.05, 3.63) is 0 Å². The second-order valence-electron chi connectivity index (χ2n) is 4.12. The summed E-state index contributed by atoms with van der Waals surface area (Å²) in [6.07, 6.45) is -0.544. The monoisotopic (exact) mass is 224 g/mol. The largest absolute Gasteiger partial charge is 0.276 e. The fraction of sp³-hybridized carbons (Fsp3) is 1.00. The van der Waals surface area contributed by atoms with Gasteiger partial charge in [0.2, 0.25) is 0 Å². The van der Waals surface area contributed by atoms with E-state index in [1.807, 2.05) is 13.8 Å². The third kappa shape index (κ3) is 2.65. The van der Waals surface area contributed by atoms with Gasteiger partial charge in [-0.3, -0.25) is 0 Å². The van der Waals surface area contributed by atoms with Crippen LogP contribution < -0.4 is 5.14 Å². The van der Waals surface area contributed by atoms with Crippen LogP contribution in [0.5, 0.6) is 0 Å². The van der Waals surface area contributed by atoms with Crippen molar-refractivity contribution >= 4 is 10.2 Å². The summed E-state index contributed by atoms with van der Waals surface area (Å²) in [5.41, 5.74) is 0. The van der Waals surface area contributed by atoms with Crippen molar-refractivity contribution in [3.8, 4) is 0 Å². The molecule has 0 amide bonds. The van der Waals surface area contributed by atoms with Crippen molar-refractivity contribution in [1.82, 2.24) is 4.31 Å². The average molecular weight is 224 g/mol. The summed E-state index contributed by atoms with van der Waals surface area (Å²) in [6, 6.07) is 0. The molecule has 1 fully saturated rings. The zero-order valence-corrected chi connectivity index (χ0v) is 9.30. The summed E-state index contributed by atoms with van der Waals surface area (Å²) in [5, 5.41) is 4.93. The van der Waals surface area contributed by atoms with Crippen LogP contribution in [0.3, 0.4) is 0 Å². The van der Waals surface area contributed by atoms with Gasteiger partial charge in [0.25, 0.3) is 10.2 Å². The Labute approximate surface area is 84.4 Å². The fourth-order valence-electron chi connectivity index (χ4n) is 1.88. The second-order valence-corrected chi connectivity index (χ2v) is 5.66. The maximum Gasteiger partial charge on any atom is 0.276 e. The first-order valence-corrected chi connectivity index (χ1v) is 6.24. The number of piperidine rings is 1. The van der Waals surface area contributed by atoms with E-state index in [1.165, 1.54) is 0 Å². The van der Waals surface area contributed by atoms with Crippen molar-refractivity contribution in [2.45, 2.75) is 26.4 Å². The predicted octanol–water partition coefficient (Wildman–Crippen LogP) is 0.506. The Hall–Kier alpha value is -0.200. The standard InChI is InChI=1S/C8H17FN2O2S/c1-6(2)7-3-4-11(5-8(7)9)14(10,12)13/h6-8H,3-5H2,1-2H3,(H2,10,12,13). The lowest BCUT2D eigenvalue weighted by Crippen LogP contribution is -2.48. The van der Waals surface area contributed by atoms with Crippen LogP contribution >= 0.6 is 0 Å². The van der Waals surface area contributed by atoms with E-state index in [4.69, 9.17) is 5.14 Å². The van der Waals surface area contributed by atoms with Crippen molar-refractivity contribution in [2.75, 3.05) is 13.1 Å². The van der Waals surface area contributed by atoms with Crippen LogP contribution in [0.1, 0.15) is 20.3 Å². The molecule has 0 aliphatic carbocycles. The van der Waals surface area contributed by atoms with E-state index >= 15 is 0 Å². The van der Waals surface area contributed by atoms with Crippen LogP contribution in [-0.4, -0.2) is 32.0 Å². The molecule has 1 rings (SSSR count). The van der Waals surface area contributed by atoms with Crippen LogP contribution in [0.25, 0.3) is 0 Å². The number of rotatable bonds is 2. The molecule has 0 radical (unpaired) electrons. The Morgan fingerprint density at radius 1 is 1.50 bits per heavy atom. The molecule has 0 aromatic carbocycles. The lowest BCUT2D eigenvalue weighted by Gasteiger charge is -2.34. The number of hydrogen-bond donors (Lipinski definition) is 1. The van der Waals surface area contributed by atoms with Gasteiger partial charge in [-0.05, 0) is 18.3 Å². The molecule has 2 N–H and O–H groups in total. The van der Waals surface area contributed by atoms with E-state index in [9.17, 15) is 12.8 Å². The van der Waals surface area contributed by atoms with Gasteiger partial charge >= 0.3 is 0 Å². The van der Waals surface area contributed by atoms with Crippen molar-refractivity contribution in [3.63, 3.8) is 0 Å². The predicted molar refractivity (Wildman–Crippen MR) is 52.5 cm³/mol. The summed E-state index contributed by atoms with van der Waals surface area (Å²) in [5.74, 6) is 0.195. The molecule has 2 unspecified atom stereocenters. The molecule has 4 nitrogen and oxygen atoms in total. The highest BCUT2D eigenvalue weighted by molar-refractivity contribution is 7.86. The Morgan fingerprint density at radius 3 is 2.43 bits per heavy atom. The Balaban J connectivity index is 2.64. The molecule has 6 heteroatoms. The third-order valence-electron chi connectivity index (χ3n) is 2.77. The minimum absolute atomic E-state index is 0.0481. The number of nitrogens with two attached hydrogens (primary N) is 1. The molecule has 1 heterocycles. The molecule has 1 aliphatic heterocycles. The molecule has 0 bridgehead atoms. The summed E-state index contributed by atoms with van der Waals surface area (Å²) in [7, 11) is -3.71. The van der Waals surface area contributed by atoms with Crippen LogP contribution in [-0.2, 0) is 10.2 Å². The lowest BCUT2D eigenvalue weighted by molar-refractivity contribution is 0.101. The van der Waals surface area contributed by atoms with Gasteiger partial charge < -0.3 is 0 Å². The Bertz CT molecular complexity index is 292. The fourth-order valence-corrected chi connectivity index (χ4v) is 2.59. The van der Waals surface area contributed by atoms with Gasteiger partial charge in [-0.15, -0.1) is 0 Å². The first-order valence-electron chi connectivity index (χ1n) is 4.74. The number of nitrogens with zero attached hydrogens (tertiary/aromatic N) is 1. The SMILES string of the molecule is CC(C)C1CCN(S(N)(=O)=O)CC1F. The molecule has 1 aliphatic rings. The molecule has 0 saturated carbocycles. The van der Waals surface area contributed by atoms with Gasteiger partial charge in [0, 0.05) is 13.1 Å².